The Labute approximate surface area is 190 Å². The molecule has 172 valence electrons. The van der Waals surface area contributed by atoms with Crippen LogP contribution in [0.1, 0.15) is 49.7 Å². The van der Waals surface area contributed by atoms with Gasteiger partial charge in [0, 0.05) is 37.2 Å². The lowest BCUT2D eigenvalue weighted by Gasteiger charge is -2.40. The molecule has 1 fully saturated rings. The highest BCUT2D eigenvalue weighted by molar-refractivity contribution is 6.44. The van der Waals surface area contributed by atoms with E-state index in [1.54, 1.807) is 38.6 Å². The van der Waals surface area contributed by atoms with Crippen molar-refractivity contribution >= 4 is 23.2 Å². The van der Waals surface area contributed by atoms with Crippen LogP contribution in [-0.2, 0) is 22.0 Å². The number of ketones is 2. The summed E-state index contributed by atoms with van der Waals surface area (Å²) in [5.74, 6) is -1.93. The van der Waals surface area contributed by atoms with Gasteiger partial charge in [0.15, 0.2) is 0 Å². The molecule has 0 unspecified atom stereocenters. The van der Waals surface area contributed by atoms with Crippen molar-refractivity contribution in [3.8, 4) is 0 Å². The molecule has 2 N–H and O–H groups in total. The molecule has 7 nitrogen and oxygen atoms in total. The highest BCUT2D eigenvalue weighted by atomic mass is 19.1. The predicted octanol–water partition coefficient (Wildman–Crippen LogP) is 3.78. The van der Waals surface area contributed by atoms with Crippen molar-refractivity contribution in [2.75, 3.05) is 18.5 Å². The van der Waals surface area contributed by atoms with Crippen LogP contribution in [-0.4, -0.2) is 40.2 Å². The molecule has 1 aliphatic rings. The summed E-state index contributed by atoms with van der Waals surface area (Å²) < 4.78 is 20.5. The number of aromatic amines is 1. The fourth-order valence-corrected chi connectivity index (χ4v) is 4.45. The van der Waals surface area contributed by atoms with E-state index < -0.39 is 22.9 Å². The zero-order chi connectivity index (χ0) is 23.9. The van der Waals surface area contributed by atoms with Gasteiger partial charge in [-0.05, 0) is 61.7 Å². The topological polar surface area (TPSA) is 93.2 Å². The number of amides is 1. The Hall–Kier alpha value is -3.52. The lowest BCUT2D eigenvalue weighted by molar-refractivity contribution is -0.123. The van der Waals surface area contributed by atoms with Crippen LogP contribution in [0, 0.1) is 26.6 Å². The molecule has 1 saturated heterocycles. The summed E-state index contributed by atoms with van der Waals surface area (Å²) in [6, 6.07) is 6.18. The first kappa shape index (κ1) is 22.7. The molecule has 0 aliphatic carbocycles. The second-order valence-corrected chi connectivity index (χ2v) is 8.71. The van der Waals surface area contributed by atoms with E-state index in [4.69, 9.17) is 4.74 Å². The number of nitrogens with one attached hydrogen (secondary N) is 2. The number of anilines is 1. The number of halogens is 1. The maximum Gasteiger partial charge on any atom is 0.272 e. The average molecular weight is 451 g/mol. The van der Waals surface area contributed by atoms with Gasteiger partial charge in [-0.3, -0.25) is 14.4 Å². The predicted molar refractivity (Wildman–Crippen MR) is 121 cm³/mol. The fraction of sp³-hybridized carbons (Fsp3) is 0.320. The largest absolute Gasteiger partial charge is 0.379 e. The molecule has 2 aromatic heterocycles. The van der Waals surface area contributed by atoms with Crippen LogP contribution in [0.2, 0.25) is 0 Å². The number of ether oxygens (including phenoxy) is 1. The molecule has 3 aromatic rings. The van der Waals surface area contributed by atoms with Crippen LogP contribution in [0.15, 0.2) is 36.7 Å². The van der Waals surface area contributed by atoms with Crippen LogP contribution in [0.3, 0.4) is 0 Å². The van der Waals surface area contributed by atoms with Gasteiger partial charge in [-0.25, -0.2) is 4.39 Å². The minimum atomic E-state index is -0.612. The Morgan fingerprint density at radius 3 is 2.48 bits per heavy atom. The number of H-pyrrole nitrogens is 1. The highest BCUT2D eigenvalue weighted by Crippen LogP contribution is 2.36. The zero-order valence-electron chi connectivity index (χ0n) is 19.0. The maximum atomic E-state index is 13.5. The third-order valence-corrected chi connectivity index (χ3v) is 6.51. The van der Waals surface area contributed by atoms with Crippen molar-refractivity contribution in [1.82, 2.24) is 9.55 Å². The summed E-state index contributed by atoms with van der Waals surface area (Å²) >= 11 is 0. The van der Waals surface area contributed by atoms with Crippen LogP contribution >= 0.6 is 0 Å². The molecule has 33 heavy (non-hydrogen) atoms. The molecule has 0 spiro atoms. The molecule has 1 aliphatic heterocycles. The molecule has 0 bridgehead atoms. The number of hydrogen-bond donors (Lipinski definition) is 2. The summed E-state index contributed by atoms with van der Waals surface area (Å²) in [5, 5.41) is 2.75. The Bertz CT molecular complexity index is 1250. The molecule has 0 saturated carbocycles. The average Bonchev–Trinajstić information content (AvgIpc) is 3.34. The van der Waals surface area contributed by atoms with E-state index in [1.807, 2.05) is 12.3 Å². The quantitative estimate of drug-likeness (QED) is 0.422. The first-order valence-corrected chi connectivity index (χ1v) is 10.7. The lowest BCUT2D eigenvalue weighted by atomic mass is 9.75. The van der Waals surface area contributed by atoms with E-state index in [0.717, 1.165) is 5.56 Å². The van der Waals surface area contributed by atoms with Crippen molar-refractivity contribution in [3.05, 3.63) is 76.1 Å². The summed E-state index contributed by atoms with van der Waals surface area (Å²) in [6.07, 6.45) is 3.63. The molecule has 1 amide bonds. The smallest absolute Gasteiger partial charge is 0.272 e. The van der Waals surface area contributed by atoms with E-state index >= 15 is 0 Å². The van der Waals surface area contributed by atoms with E-state index in [0.29, 0.717) is 35.7 Å². The van der Waals surface area contributed by atoms with Gasteiger partial charge < -0.3 is 19.6 Å². The SMILES string of the molecule is Cc1cc(NC(=O)c2c(C)c(C(=O)C(=O)CC3(c4cc[nH]c4)COC3)c(C)n2C)ccc1F. The van der Waals surface area contributed by atoms with Gasteiger partial charge in [-0.1, -0.05) is 0 Å². The Balaban J connectivity index is 1.59. The van der Waals surface area contributed by atoms with Crippen molar-refractivity contribution in [3.63, 3.8) is 0 Å². The first-order valence-electron chi connectivity index (χ1n) is 10.7. The lowest BCUT2D eigenvalue weighted by Crippen LogP contribution is -2.48. The van der Waals surface area contributed by atoms with Crippen LogP contribution in [0.5, 0.6) is 0 Å². The van der Waals surface area contributed by atoms with Crippen LogP contribution in [0.25, 0.3) is 0 Å². The van der Waals surface area contributed by atoms with Gasteiger partial charge in [-0.15, -0.1) is 0 Å². The number of benzene rings is 1. The monoisotopic (exact) mass is 451 g/mol. The molecule has 1 aromatic carbocycles. The third-order valence-electron chi connectivity index (χ3n) is 6.51. The number of aryl methyl sites for hydroxylation is 1. The summed E-state index contributed by atoms with van der Waals surface area (Å²) in [6.45, 7) is 5.73. The van der Waals surface area contributed by atoms with Crippen LogP contribution < -0.4 is 5.32 Å². The Kier molecular flexibility index (Phi) is 5.80. The Morgan fingerprint density at radius 1 is 1.18 bits per heavy atom. The van der Waals surface area contributed by atoms with E-state index in [1.165, 1.54) is 18.2 Å². The summed E-state index contributed by atoms with van der Waals surface area (Å²) in [4.78, 5) is 42.3. The first-order chi connectivity index (χ1) is 15.6. The van der Waals surface area contributed by atoms with E-state index in [-0.39, 0.29) is 23.5 Å². The van der Waals surface area contributed by atoms with Crippen molar-refractivity contribution in [2.45, 2.75) is 32.6 Å². The fourth-order valence-electron chi connectivity index (χ4n) is 4.45. The second-order valence-electron chi connectivity index (χ2n) is 8.71. The normalized spacial score (nSPS) is 14.6. The van der Waals surface area contributed by atoms with Crippen LogP contribution in [0.4, 0.5) is 10.1 Å². The van der Waals surface area contributed by atoms with Crippen molar-refractivity contribution in [2.24, 2.45) is 7.05 Å². The molecule has 0 radical (unpaired) electrons. The molecule has 0 atom stereocenters. The molecule has 3 heterocycles. The number of Topliss-reactive ketones (excluding diaryl/α,β-unsaturated/α-hetero) is 2. The van der Waals surface area contributed by atoms with Crippen molar-refractivity contribution < 1.29 is 23.5 Å². The third kappa shape index (κ3) is 3.91. The Morgan fingerprint density at radius 2 is 1.91 bits per heavy atom. The number of nitrogens with zero attached hydrogens (tertiary/aromatic N) is 1. The number of carbonyl (C=O) groups is 3. The van der Waals surface area contributed by atoms with E-state index in [9.17, 15) is 18.8 Å². The van der Waals surface area contributed by atoms with Gasteiger partial charge >= 0.3 is 0 Å². The van der Waals surface area contributed by atoms with Crippen molar-refractivity contribution in [1.29, 1.82) is 0 Å². The van der Waals surface area contributed by atoms with Gasteiger partial charge in [0.05, 0.1) is 24.2 Å². The van der Waals surface area contributed by atoms with Gasteiger partial charge in [0.1, 0.15) is 11.5 Å². The molecule has 8 heteroatoms. The van der Waals surface area contributed by atoms with Gasteiger partial charge in [0.25, 0.3) is 5.91 Å². The number of rotatable bonds is 7. The molecular formula is C25H26FN3O4. The maximum absolute atomic E-state index is 13.5. The molecule has 4 rings (SSSR count). The number of aromatic nitrogens is 2. The number of carbonyl (C=O) groups excluding carboxylic acids is 3. The standard InChI is InChI=1S/C25H26FN3O4/c1-14-9-18(5-6-19(14)26)28-24(32)22-15(2)21(16(3)29(22)4)23(31)20(30)10-25(12-33-13-25)17-7-8-27-11-17/h5-9,11,27H,10,12-13H2,1-4H3,(H,28,32). The summed E-state index contributed by atoms with van der Waals surface area (Å²) in [5.41, 5.74) is 2.77. The highest BCUT2D eigenvalue weighted by Gasteiger charge is 2.44. The minimum Gasteiger partial charge on any atom is -0.379 e. The minimum absolute atomic E-state index is 0.0356. The number of hydrogen-bond acceptors (Lipinski definition) is 4. The zero-order valence-corrected chi connectivity index (χ0v) is 19.0. The summed E-state index contributed by atoms with van der Waals surface area (Å²) in [7, 11) is 1.68. The van der Waals surface area contributed by atoms with E-state index in [2.05, 4.69) is 10.3 Å². The second kappa shape index (κ2) is 8.44. The van der Waals surface area contributed by atoms with Gasteiger partial charge in [-0.2, -0.15) is 0 Å². The molecular weight excluding hydrogens is 425 g/mol. The van der Waals surface area contributed by atoms with Gasteiger partial charge in [0.2, 0.25) is 11.6 Å².